The molecule has 1 aromatic rings. The Bertz CT molecular complexity index is 408. The largest absolute Gasteiger partial charge is 0.505 e. The van der Waals surface area contributed by atoms with E-state index in [1.807, 2.05) is 6.07 Å². The highest BCUT2D eigenvalue weighted by Crippen LogP contribution is 2.23. The molecule has 2 nitrogen and oxygen atoms in total. The number of rotatable bonds is 4. The van der Waals surface area contributed by atoms with Crippen molar-refractivity contribution in [3.8, 4) is 5.75 Å². The molecule has 1 heterocycles. The second-order valence-corrected chi connectivity index (χ2v) is 5.65. The first-order valence-electron chi connectivity index (χ1n) is 7.38. The third-order valence-corrected chi connectivity index (χ3v) is 4.06. The first-order valence-corrected chi connectivity index (χ1v) is 7.38. The summed E-state index contributed by atoms with van der Waals surface area (Å²) in [6, 6.07) is 4.71. The average molecular weight is 265 g/mol. The SMILES string of the molecule is CCCC1CCCN(Cc2ccc(O)c(F)c2)CC1. The highest BCUT2D eigenvalue weighted by molar-refractivity contribution is 5.27. The molecule has 0 saturated carbocycles. The Balaban J connectivity index is 1.90. The van der Waals surface area contributed by atoms with Gasteiger partial charge in [0.05, 0.1) is 0 Å². The molecule has 1 saturated heterocycles. The van der Waals surface area contributed by atoms with Crippen LogP contribution in [0.5, 0.6) is 5.75 Å². The van der Waals surface area contributed by atoms with Gasteiger partial charge < -0.3 is 5.11 Å². The summed E-state index contributed by atoms with van der Waals surface area (Å²) in [5, 5.41) is 9.20. The van der Waals surface area contributed by atoms with Crippen LogP contribution in [0, 0.1) is 11.7 Å². The second kappa shape index (κ2) is 6.90. The van der Waals surface area contributed by atoms with Crippen molar-refractivity contribution in [1.82, 2.24) is 4.90 Å². The maximum Gasteiger partial charge on any atom is 0.165 e. The van der Waals surface area contributed by atoms with Gasteiger partial charge in [0.25, 0.3) is 0 Å². The summed E-state index contributed by atoms with van der Waals surface area (Å²) in [5.41, 5.74) is 0.948. The van der Waals surface area contributed by atoms with Crippen LogP contribution in [0.25, 0.3) is 0 Å². The number of nitrogens with zero attached hydrogens (tertiary/aromatic N) is 1. The molecule has 0 aromatic heterocycles. The van der Waals surface area contributed by atoms with Crippen molar-refractivity contribution in [1.29, 1.82) is 0 Å². The molecule has 0 aliphatic carbocycles. The number of aromatic hydroxyl groups is 1. The smallest absolute Gasteiger partial charge is 0.165 e. The lowest BCUT2D eigenvalue weighted by Gasteiger charge is -2.20. The maximum atomic E-state index is 13.3. The third kappa shape index (κ3) is 4.20. The van der Waals surface area contributed by atoms with Gasteiger partial charge in [-0.15, -0.1) is 0 Å². The zero-order valence-corrected chi connectivity index (χ0v) is 11.7. The van der Waals surface area contributed by atoms with Crippen LogP contribution in [0.4, 0.5) is 4.39 Å². The van der Waals surface area contributed by atoms with Gasteiger partial charge in [-0.2, -0.15) is 0 Å². The summed E-state index contributed by atoms with van der Waals surface area (Å²) in [7, 11) is 0. The number of hydrogen-bond donors (Lipinski definition) is 1. The Hall–Kier alpha value is -1.09. The molecule has 0 amide bonds. The molecular weight excluding hydrogens is 241 g/mol. The Labute approximate surface area is 115 Å². The normalized spacial score (nSPS) is 21.3. The molecule has 1 aliphatic heterocycles. The first-order chi connectivity index (χ1) is 9.19. The highest BCUT2D eigenvalue weighted by atomic mass is 19.1. The molecule has 1 atom stereocenters. The van der Waals surface area contributed by atoms with Gasteiger partial charge in [-0.3, -0.25) is 4.90 Å². The van der Waals surface area contributed by atoms with E-state index in [4.69, 9.17) is 0 Å². The molecule has 3 heteroatoms. The Morgan fingerprint density at radius 2 is 2.16 bits per heavy atom. The molecular formula is C16H24FNO. The number of phenolic OH excluding ortho intramolecular Hbond substituents is 1. The van der Waals surface area contributed by atoms with Crippen LogP contribution < -0.4 is 0 Å². The lowest BCUT2D eigenvalue weighted by atomic mass is 9.96. The van der Waals surface area contributed by atoms with Gasteiger partial charge in [-0.1, -0.05) is 25.8 Å². The van der Waals surface area contributed by atoms with Gasteiger partial charge in [0, 0.05) is 6.54 Å². The van der Waals surface area contributed by atoms with Crippen LogP contribution in [0.2, 0.25) is 0 Å². The summed E-state index contributed by atoms with van der Waals surface area (Å²) in [4.78, 5) is 2.40. The van der Waals surface area contributed by atoms with Crippen LogP contribution in [-0.4, -0.2) is 23.1 Å². The van der Waals surface area contributed by atoms with Gasteiger partial charge in [0.15, 0.2) is 11.6 Å². The number of benzene rings is 1. The molecule has 1 aromatic carbocycles. The zero-order valence-electron chi connectivity index (χ0n) is 11.7. The molecule has 0 radical (unpaired) electrons. The molecule has 1 fully saturated rings. The van der Waals surface area contributed by atoms with E-state index in [-0.39, 0.29) is 5.75 Å². The lowest BCUT2D eigenvalue weighted by Crippen LogP contribution is -2.24. The first kappa shape index (κ1) is 14.3. The standard InChI is InChI=1S/C16H24FNO/c1-2-4-13-5-3-9-18(10-8-13)12-14-6-7-16(19)15(17)11-14/h6-7,11,13,19H,2-5,8-10,12H2,1H3. The van der Waals surface area contributed by atoms with E-state index >= 15 is 0 Å². The van der Waals surface area contributed by atoms with Crippen molar-refractivity contribution in [2.24, 2.45) is 5.92 Å². The number of hydrogen-bond acceptors (Lipinski definition) is 2. The van der Waals surface area contributed by atoms with Gasteiger partial charge >= 0.3 is 0 Å². The lowest BCUT2D eigenvalue weighted by molar-refractivity contribution is 0.270. The zero-order chi connectivity index (χ0) is 13.7. The van der Waals surface area contributed by atoms with Gasteiger partial charge in [0.2, 0.25) is 0 Å². The molecule has 2 rings (SSSR count). The predicted octanol–water partition coefficient (Wildman–Crippen LogP) is 3.93. The average Bonchev–Trinajstić information content (AvgIpc) is 2.60. The third-order valence-electron chi connectivity index (χ3n) is 4.06. The van der Waals surface area contributed by atoms with Crippen molar-refractivity contribution in [3.05, 3.63) is 29.6 Å². The minimum Gasteiger partial charge on any atom is -0.505 e. The summed E-state index contributed by atoms with van der Waals surface area (Å²) in [5.74, 6) is 0.0883. The maximum absolute atomic E-state index is 13.3. The minimum atomic E-state index is -0.517. The molecule has 19 heavy (non-hydrogen) atoms. The summed E-state index contributed by atoms with van der Waals surface area (Å²) >= 11 is 0. The van der Waals surface area contributed by atoms with E-state index in [0.717, 1.165) is 31.1 Å². The van der Waals surface area contributed by atoms with Gasteiger partial charge in [-0.05, 0) is 56.0 Å². The van der Waals surface area contributed by atoms with E-state index in [1.54, 1.807) is 0 Å². The summed E-state index contributed by atoms with van der Waals surface area (Å²) in [6.45, 7) is 5.24. The Kier molecular flexibility index (Phi) is 5.20. The number of phenols is 1. The fourth-order valence-corrected chi connectivity index (χ4v) is 2.99. The van der Waals surface area contributed by atoms with E-state index < -0.39 is 5.82 Å². The van der Waals surface area contributed by atoms with Gasteiger partial charge in [0.1, 0.15) is 0 Å². The van der Waals surface area contributed by atoms with E-state index in [9.17, 15) is 9.50 Å². The molecule has 1 N–H and O–H groups in total. The van der Waals surface area contributed by atoms with Crippen molar-refractivity contribution < 1.29 is 9.50 Å². The van der Waals surface area contributed by atoms with Gasteiger partial charge in [-0.25, -0.2) is 4.39 Å². The van der Waals surface area contributed by atoms with E-state index in [1.165, 1.54) is 44.2 Å². The van der Waals surface area contributed by atoms with Crippen LogP contribution in [0.3, 0.4) is 0 Å². The summed E-state index contributed by atoms with van der Waals surface area (Å²) in [6.07, 6.45) is 6.43. The Morgan fingerprint density at radius 3 is 2.89 bits per heavy atom. The van der Waals surface area contributed by atoms with Crippen molar-refractivity contribution in [3.63, 3.8) is 0 Å². The quantitative estimate of drug-likeness (QED) is 0.891. The highest BCUT2D eigenvalue weighted by Gasteiger charge is 2.16. The molecule has 1 unspecified atom stereocenters. The second-order valence-electron chi connectivity index (χ2n) is 5.65. The van der Waals surface area contributed by atoms with Crippen molar-refractivity contribution in [2.75, 3.05) is 13.1 Å². The van der Waals surface area contributed by atoms with E-state index in [2.05, 4.69) is 11.8 Å². The number of halogens is 1. The number of likely N-dealkylation sites (tertiary alicyclic amines) is 1. The van der Waals surface area contributed by atoms with Crippen LogP contribution in [-0.2, 0) is 6.54 Å². The monoisotopic (exact) mass is 265 g/mol. The van der Waals surface area contributed by atoms with Crippen LogP contribution in [0.1, 0.15) is 44.6 Å². The van der Waals surface area contributed by atoms with Crippen LogP contribution in [0.15, 0.2) is 18.2 Å². The van der Waals surface area contributed by atoms with Crippen LogP contribution >= 0.6 is 0 Å². The summed E-state index contributed by atoms with van der Waals surface area (Å²) < 4.78 is 13.3. The van der Waals surface area contributed by atoms with E-state index in [0.29, 0.717) is 0 Å². The van der Waals surface area contributed by atoms with Crippen molar-refractivity contribution >= 4 is 0 Å². The molecule has 0 spiro atoms. The minimum absolute atomic E-state index is 0.261. The molecule has 0 bridgehead atoms. The molecule has 106 valence electrons. The van der Waals surface area contributed by atoms with Crippen molar-refractivity contribution in [2.45, 2.75) is 45.6 Å². The fraction of sp³-hybridized carbons (Fsp3) is 0.625. The predicted molar refractivity (Wildman–Crippen MR) is 75.6 cm³/mol. The fourth-order valence-electron chi connectivity index (χ4n) is 2.99. The Morgan fingerprint density at radius 1 is 1.32 bits per heavy atom. The topological polar surface area (TPSA) is 23.5 Å². The molecule has 1 aliphatic rings.